The van der Waals surface area contributed by atoms with Gasteiger partial charge in [-0.05, 0) is 19.2 Å². The van der Waals surface area contributed by atoms with E-state index in [9.17, 15) is 13.6 Å². The van der Waals surface area contributed by atoms with Crippen LogP contribution in [0.2, 0.25) is 0 Å². The van der Waals surface area contributed by atoms with Gasteiger partial charge in [-0.2, -0.15) is 8.78 Å². The molecule has 0 saturated heterocycles. The van der Waals surface area contributed by atoms with Crippen LogP contribution in [0.4, 0.5) is 14.5 Å². The van der Waals surface area contributed by atoms with E-state index >= 15 is 0 Å². The lowest BCUT2D eigenvalue weighted by Gasteiger charge is -2.11. The molecule has 1 aromatic carbocycles. The smallest absolute Gasteiger partial charge is 0.387 e. The first-order valence-corrected chi connectivity index (χ1v) is 5.11. The van der Waals surface area contributed by atoms with Crippen LogP contribution in [0.25, 0.3) is 0 Å². The number of amides is 1. The van der Waals surface area contributed by atoms with Crippen LogP contribution in [0.5, 0.6) is 5.75 Å². The summed E-state index contributed by atoms with van der Waals surface area (Å²) >= 11 is 0. The monoisotopic (exact) mass is 244 g/mol. The van der Waals surface area contributed by atoms with Crippen LogP contribution >= 0.6 is 0 Å². The fraction of sp³-hybridized carbons (Fsp3) is 0.364. The number of benzene rings is 1. The summed E-state index contributed by atoms with van der Waals surface area (Å²) in [5.41, 5.74) is 0.244. The molecule has 94 valence electrons. The Morgan fingerprint density at radius 3 is 2.76 bits per heavy atom. The molecule has 0 atom stereocenters. The van der Waals surface area contributed by atoms with Crippen molar-refractivity contribution in [1.82, 2.24) is 5.32 Å². The minimum atomic E-state index is -2.91. The van der Waals surface area contributed by atoms with Crippen LogP contribution in [0, 0.1) is 0 Å². The molecule has 0 spiro atoms. The van der Waals surface area contributed by atoms with E-state index in [1.54, 1.807) is 19.2 Å². The largest absolute Gasteiger partial charge is 0.433 e. The van der Waals surface area contributed by atoms with Crippen molar-refractivity contribution in [1.29, 1.82) is 0 Å². The van der Waals surface area contributed by atoms with E-state index in [0.29, 0.717) is 6.54 Å². The standard InChI is InChI=1S/C11H14F2N2O2/c1-14-7-6-10(16)15-8-4-2-3-5-9(8)17-11(12)13/h2-5,11,14H,6-7H2,1H3,(H,15,16). The van der Waals surface area contributed by atoms with Crippen molar-refractivity contribution in [2.75, 3.05) is 18.9 Å². The molecule has 1 amide bonds. The van der Waals surface area contributed by atoms with Gasteiger partial charge >= 0.3 is 6.61 Å². The van der Waals surface area contributed by atoms with E-state index < -0.39 is 6.61 Å². The summed E-state index contributed by atoms with van der Waals surface area (Å²) in [7, 11) is 1.72. The lowest BCUT2D eigenvalue weighted by molar-refractivity contribution is -0.116. The lowest BCUT2D eigenvalue weighted by Crippen LogP contribution is -2.19. The number of halogens is 2. The Balaban J connectivity index is 2.66. The van der Waals surface area contributed by atoms with Crippen molar-refractivity contribution in [2.45, 2.75) is 13.0 Å². The van der Waals surface area contributed by atoms with E-state index in [0.717, 1.165) is 0 Å². The molecule has 0 saturated carbocycles. The van der Waals surface area contributed by atoms with Crippen molar-refractivity contribution in [2.24, 2.45) is 0 Å². The summed E-state index contributed by atoms with van der Waals surface area (Å²) in [6.07, 6.45) is 0.263. The molecular weight excluding hydrogens is 230 g/mol. The van der Waals surface area contributed by atoms with E-state index in [1.165, 1.54) is 12.1 Å². The zero-order valence-corrected chi connectivity index (χ0v) is 9.37. The quantitative estimate of drug-likeness (QED) is 0.802. The molecule has 1 aromatic rings. The summed E-state index contributed by atoms with van der Waals surface area (Å²) in [5, 5.41) is 5.33. The van der Waals surface area contributed by atoms with Gasteiger partial charge in [0.2, 0.25) is 5.91 Å². The topological polar surface area (TPSA) is 50.4 Å². The van der Waals surface area contributed by atoms with Gasteiger partial charge in [-0.15, -0.1) is 0 Å². The highest BCUT2D eigenvalue weighted by atomic mass is 19.3. The highest BCUT2D eigenvalue weighted by molar-refractivity contribution is 5.92. The van der Waals surface area contributed by atoms with Crippen LogP contribution < -0.4 is 15.4 Å². The number of carbonyl (C=O) groups excluding carboxylic acids is 1. The second-order valence-corrected chi connectivity index (χ2v) is 3.28. The Morgan fingerprint density at radius 2 is 2.12 bits per heavy atom. The van der Waals surface area contributed by atoms with E-state index in [2.05, 4.69) is 15.4 Å². The van der Waals surface area contributed by atoms with Gasteiger partial charge in [0.25, 0.3) is 0 Å². The summed E-state index contributed by atoms with van der Waals surface area (Å²) in [5.74, 6) is -0.301. The van der Waals surface area contributed by atoms with Gasteiger partial charge in [0, 0.05) is 13.0 Å². The van der Waals surface area contributed by atoms with Crippen LogP contribution in [0.15, 0.2) is 24.3 Å². The van der Waals surface area contributed by atoms with Crippen molar-refractivity contribution in [3.8, 4) is 5.75 Å². The first-order chi connectivity index (χ1) is 8.13. The number of ether oxygens (including phenoxy) is 1. The highest BCUT2D eigenvalue weighted by Crippen LogP contribution is 2.25. The molecule has 2 N–H and O–H groups in total. The minimum absolute atomic E-state index is 0.0414. The van der Waals surface area contributed by atoms with Gasteiger partial charge in [-0.3, -0.25) is 4.79 Å². The van der Waals surface area contributed by atoms with Crippen molar-refractivity contribution in [3.63, 3.8) is 0 Å². The number of carbonyl (C=O) groups is 1. The van der Waals surface area contributed by atoms with Gasteiger partial charge in [0.15, 0.2) is 0 Å². The molecular formula is C11H14F2N2O2. The Kier molecular flexibility index (Phi) is 5.35. The van der Waals surface area contributed by atoms with Crippen LogP contribution in [0.1, 0.15) is 6.42 Å². The number of anilines is 1. The Labute approximate surface area is 98.0 Å². The number of rotatable bonds is 6. The number of alkyl halides is 2. The lowest BCUT2D eigenvalue weighted by atomic mass is 10.3. The number of hydrogen-bond acceptors (Lipinski definition) is 3. The molecule has 4 nitrogen and oxygen atoms in total. The summed E-state index contributed by atoms with van der Waals surface area (Å²) in [6.45, 7) is -2.39. The van der Waals surface area contributed by atoms with Crippen LogP contribution in [0.3, 0.4) is 0 Å². The van der Waals surface area contributed by atoms with Crippen molar-refractivity contribution >= 4 is 11.6 Å². The van der Waals surface area contributed by atoms with Crippen molar-refractivity contribution < 1.29 is 18.3 Å². The Hall–Kier alpha value is -1.69. The predicted octanol–water partition coefficient (Wildman–Crippen LogP) is 1.84. The number of hydrogen-bond donors (Lipinski definition) is 2. The Bertz CT molecular complexity index is 372. The average molecular weight is 244 g/mol. The molecule has 0 unspecified atom stereocenters. The molecule has 0 aliphatic carbocycles. The van der Waals surface area contributed by atoms with Gasteiger partial charge < -0.3 is 15.4 Å². The molecule has 0 bridgehead atoms. The molecule has 0 heterocycles. The second-order valence-electron chi connectivity index (χ2n) is 3.28. The molecule has 1 rings (SSSR count). The van der Waals surface area contributed by atoms with E-state index in [1.807, 2.05) is 0 Å². The highest BCUT2D eigenvalue weighted by Gasteiger charge is 2.10. The van der Waals surface area contributed by atoms with Crippen LogP contribution in [-0.4, -0.2) is 26.1 Å². The first kappa shape index (κ1) is 13.4. The molecule has 0 fully saturated rings. The molecule has 17 heavy (non-hydrogen) atoms. The van der Waals surface area contributed by atoms with Gasteiger partial charge in [-0.1, -0.05) is 12.1 Å². The average Bonchev–Trinajstić information content (AvgIpc) is 2.28. The number of nitrogens with one attached hydrogen (secondary N) is 2. The van der Waals surface area contributed by atoms with E-state index in [4.69, 9.17) is 0 Å². The zero-order chi connectivity index (χ0) is 12.7. The third kappa shape index (κ3) is 4.78. The van der Waals surface area contributed by atoms with Crippen molar-refractivity contribution in [3.05, 3.63) is 24.3 Å². The maximum absolute atomic E-state index is 12.1. The number of para-hydroxylation sites is 2. The third-order valence-electron chi connectivity index (χ3n) is 1.98. The van der Waals surface area contributed by atoms with Gasteiger partial charge in [0.05, 0.1) is 5.69 Å². The normalized spacial score (nSPS) is 10.4. The predicted molar refractivity (Wildman–Crippen MR) is 60.2 cm³/mol. The third-order valence-corrected chi connectivity index (χ3v) is 1.98. The fourth-order valence-electron chi connectivity index (χ4n) is 1.22. The maximum atomic E-state index is 12.1. The zero-order valence-electron chi connectivity index (χ0n) is 9.37. The Morgan fingerprint density at radius 1 is 1.41 bits per heavy atom. The maximum Gasteiger partial charge on any atom is 0.387 e. The molecule has 6 heteroatoms. The fourth-order valence-corrected chi connectivity index (χ4v) is 1.22. The molecule has 0 radical (unpaired) electrons. The minimum Gasteiger partial charge on any atom is -0.433 e. The second kappa shape index (κ2) is 6.80. The van der Waals surface area contributed by atoms with Gasteiger partial charge in [-0.25, -0.2) is 0 Å². The van der Waals surface area contributed by atoms with Crippen LogP contribution in [-0.2, 0) is 4.79 Å². The molecule has 0 aliphatic rings. The molecule has 0 aliphatic heterocycles. The SMILES string of the molecule is CNCCC(=O)Nc1ccccc1OC(F)F. The van der Waals surface area contributed by atoms with Gasteiger partial charge in [0.1, 0.15) is 5.75 Å². The van der Waals surface area contributed by atoms with E-state index in [-0.39, 0.29) is 23.8 Å². The molecule has 0 aromatic heterocycles. The summed E-state index contributed by atoms with van der Waals surface area (Å²) < 4.78 is 28.5. The summed E-state index contributed by atoms with van der Waals surface area (Å²) in [6, 6.07) is 6.07. The first-order valence-electron chi connectivity index (χ1n) is 5.11. The summed E-state index contributed by atoms with van der Waals surface area (Å²) in [4.78, 5) is 11.4.